The SMILES string of the molecule is OC1(CNCc2cccc3cccnc23)CCCCC1. The molecule has 1 aliphatic rings. The van der Waals surface area contributed by atoms with Crippen LogP contribution in [-0.4, -0.2) is 22.2 Å². The van der Waals surface area contributed by atoms with Gasteiger partial charge in [0.05, 0.1) is 11.1 Å². The molecule has 0 bridgehead atoms. The molecule has 1 aromatic carbocycles. The van der Waals surface area contributed by atoms with Crippen LogP contribution in [0.15, 0.2) is 36.5 Å². The van der Waals surface area contributed by atoms with Crippen LogP contribution < -0.4 is 5.32 Å². The fourth-order valence-corrected chi connectivity index (χ4v) is 3.13. The third-order valence-corrected chi connectivity index (χ3v) is 4.27. The summed E-state index contributed by atoms with van der Waals surface area (Å²) in [7, 11) is 0. The highest BCUT2D eigenvalue weighted by atomic mass is 16.3. The van der Waals surface area contributed by atoms with Gasteiger partial charge in [-0.15, -0.1) is 0 Å². The number of nitrogens with zero attached hydrogens (tertiary/aromatic N) is 1. The van der Waals surface area contributed by atoms with E-state index in [1.807, 2.05) is 12.3 Å². The predicted molar refractivity (Wildman–Crippen MR) is 81.5 cm³/mol. The van der Waals surface area contributed by atoms with E-state index in [-0.39, 0.29) is 0 Å². The lowest BCUT2D eigenvalue weighted by Crippen LogP contribution is -2.41. The quantitative estimate of drug-likeness (QED) is 0.897. The summed E-state index contributed by atoms with van der Waals surface area (Å²) in [6, 6.07) is 10.3. The minimum Gasteiger partial charge on any atom is -0.389 e. The number of aromatic nitrogens is 1. The fourth-order valence-electron chi connectivity index (χ4n) is 3.13. The van der Waals surface area contributed by atoms with E-state index in [9.17, 15) is 5.11 Å². The van der Waals surface area contributed by atoms with Crippen LogP contribution in [-0.2, 0) is 6.54 Å². The van der Waals surface area contributed by atoms with E-state index in [0.717, 1.165) is 37.7 Å². The molecular formula is C17H22N2O. The first kappa shape index (κ1) is 13.5. The summed E-state index contributed by atoms with van der Waals surface area (Å²) in [5, 5.41) is 15.1. The summed E-state index contributed by atoms with van der Waals surface area (Å²) >= 11 is 0. The molecule has 0 radical (unpaired) electrons. The van der Waals surface area contributed by atoms with Gasteiger partial charge in [-0.05, 0) is 24.5 Å². The fraction of sp³-hybridized carbons (Fsp3) is 0.471. The molecule has 0 spiro atoms. The Kier molecular flexibility index (Phi) is 3.99. The Morgan fingerprint density at radius 3 is 2.75 bits per heavy atom. The Hall–Kier alpha value is -1.45. The highest BCUT2D eigenvalue weighted by molar-refractivity contribution is 5.81. The molecule has 3 heteroatoms. The number of hydrogen-bond acceptors (Lipinski definition) is 3. The van der Waals surface area contributed by atoms with E-state index in [2.05, 4.69) is 34.6 Å². The topological polar surface area (TPSA) is 45.1 Å². The molecule has 2 aromatic rings. The molecule has 1 aromatic heterocycles. The van der Waals surface area contributed by atoms with Gasteiger partial charge in [0.15, 0.2) is 0 Å². The van der Waals surface area contributed by atoms with Gasteiger partial charge in [-0.25, -0.2) is 0 Å². The van der Waals surface area contributed by atoms with Crippen molar-refractivity contribution in [2.75, 3.05) is 6.54 Å². The predicted octanol–water partition coefficient (Wildman–Crippen LogP) is 3.02. The third kappa shape index (κ3) is 3.00. The third-order valence-electron chi connectivity index (χ3n) is 4.27. The Morgan fingerprint density at radius 2 is 1.90 bits per heavy atom. The van der Waals surface area contributed by atoms with E-state index in [4.69, 9.17) is 0 Å². The van der Waals surface area contributed by atoms with E-state index in [1.54, 1.807) is 0 Å². The van der Waals surface area contributed by atoms with Crippen LogP contribution in [0.3, 0.4) is 0 Å². The van der Waals surface area contributed by atoms with Gasteiger partial charge < -0.3 is 10.4 Å². The van der Waals surface area contributed by atoms with E-state index >= 15 is 0 Å². The summed E-state index contributed by atoms with van der Waals surface area (Å²) in [5.41, 5.74) is 1.75. The zero-order chi connectivity index (χ0) is 13.8. The molecule has 3 rings (SSSR count). The smallest absolute Gasteiger partial charge is 0.0771 e. The van der Waals surface area contributed by atoms with Crippen molar-refractivity contribution >= 4 is 10.9 Å². The van der Waals surface area contributed by atoms with Crippen molar-refractivity contribution in [2.45, 2.75) is 44.2 Å². The van der Waals surface area contributed by atoms with Gasteiger partial charge >= 0.3 is 0 Å². The summed E-state index contributed by atoms with van der Waals surface area (Å²) in [4.78, 5) is 4.46. The highest BCUT2D eigenvalue weighted by Gasteiger charge is 2.28. The van der Waals surface area contributed by atoms with Crippen LogP contribution >= 0.6 is 0 Å². The normalized spacial score (nSPS) is 18.2. The van der Waals surface area contributed by atoms with Crippen molar-refractivity contribution in [3.8, 4) is 0 Å². The zero-order valence-corrected chi connectivity index (χ0v) is 11.8. The molecule has 1 fully saturated rings. The van der Waals surface area contributed by atoms with Crippen LogP contribution in [0.2, 0.25) is 0 Å². The lowest BCUT2D eigenvalue weighted by atomic mass is 9.85. The highest BCUT2D eigenvalue weighted by Crippen LogP contribution is 2.27. The van der Waals surface area contributed by atoms with E-state index < -0.39 is 5.60 Å². The molecule has 1 saturated carbocycles. The lowest BCUT2D eigenvalue weighted by Gasteiger charge is -2.32. The van der Waals surface area contributed by atoms with Gasteiger partial charge in [0.1, 0.15) is 0 Å². The minimum atomic E-state index is -0.504. The number of nitrogens with one attached hydrogen (secondary N) is 1. The van der Waals surface area contributed by atoms with Gasteiger partial charge in [-0.2, -0.15) is 0 Å². The molecule has 2 N–H and O–H groups in total. The Labute approximate surface area is 120 Å². The number of pyridine rings is 1. The first-order valence-electron chi connectivity index (χ1n) is 7.53. The van der Waals surface area contributed by atoms with E-state index in [0.29, 0.717) is 6.54 Å². The number of para-hydroxylation sites is 1. The maximum Gasteiger partial charge on any atom is 0.0771 e. The molecule has 3 nitrogen and oxygen atoms in total. The Balaban J connectivity index is 1.65. The first-order chi connectivity index (χ1) is 9.77. The van der Waals surface area contributed by atoms with Crippen LogP contribution in [0, 0.1) is 0 Å². The number of hydrogen-bond donors (Lipinski definition) is 2. The number of aliphatic hydroxyl groups is 1. The van der Waals surface area contributed by atoms with Crippen LogP contribution in [0.1, 0.15) is 37.7 Å². The Bertz CT molecular complexity index is 571. The van der Waals surface area contributed by atoms with Crippen molar-refractivity contribution in [3.63, 3.8) is 0 Å². The first-order valence-corrected chi connectivity index (χ1v) is 7.53. The summed E-state index contributed by atoms with van der Waals surface area (Å²) in [6.07, 6.45) is 7.24. The van der Waals surface area contributed by atoms with Crippen molar-refractivity contribution in [1.82, 2.24) is 10.3 Å². The lowest BCUT2D eigenvalue weighted by molar-refractivity contribution is 0.00469. The molecular weight excluding hydrogens is 248 g/mol. The monoisotopic (exact) mass is 270 g/mol. The maximum absolute atomic E-state index is 10.5. The molecule has 0 saturated heterocycles. The molecule has 1 heterocycles. The van der Waals surface area contributed by atoms with Crippen LogP contribution in [0.4, 0.5) is 0 Å². The standard InChI is InChI=1S/C17H22N2O/c20-17(9-2-1-3-10-17)13-18-12-15-7-4-6-14-8-5-11-19-16(14)15/h4-8,11,18,20H,1-3,9-10,12-13H2. The molecule has 0 unspecified atom stereocenters. The summed E-state index contributed by atoms with van der Waals surface area (Å²) < 4.78 is 0. The van der Waals surface area contributed by atoms with Crippen molar-refractivity contribution in [2.24, 2.45) is 0 Å². The van der Waals surface area contributed by atoms with Crippen molar-refractivity contribution in [1.29, 1.82) is 0 Å². The van der Waals surface area contributed by atoms with Gasteiger partial charge in [-0.3, -0.25) is 4.98 Å². The molecule has 1 aliphatic carbocycles. The average molecular weight is 270 g/mol. The molecule has 0 amide bonds. The van der Waals surface area contributed by atoms with E-state index in [1.165, 1.54) is 17.4 Å². The average Bonchev–Trinajstić information content (AvgIpc) is 2.48. The second-order valence-electron chi connectivity index (χ2n) is 5.88. The molecule has 0 aliphatic heterocycles. The number of fused-ring (bicyclic) bond motifs is 1. The van der Waals surface area contributed by atoms with Crippen LogP contribution in [0.5, 0.6) is 0 Å². The number of benzene rings is 1. The van der Waals surface area contributed by atoms with Gasteiger partial charge in [0.25, 0.3) is 0 Å². The minimum absolute atomic E-state index is 0.504. The Morgan fingerprint density at radius 1 is 1.10 bits per heavy atom. The molecule has 106 valence electrons. The number of rotatable bonds is 4. The van der Waals surface area contributed by atoms with Gasteiger partial charge in [-0.1, -0.05) is 43.5 Å². The molecule has 0 atom stereocenters. The van der Waals surface area contributed by atoms with Crippen molar-refractivity contribution < 1.29 is 5.11 Å². The summed E-state index contributed by atoms with van der Waals surface area (Å²) in [6.45, 7) is 1.44. The van der Waals surface area contributed by atoms with Crippen LogP contribution in [0.25, 0.3) is 10.9 Å². The second-order valence-corrected chi connectivity index (χ2v) is 5.88. The van der Waals surface area contributed by atoms with Gasteiger partial charge in [0.2, 0.25) is 0 Å². The summed E-state index contributed by atoms with van der Waals surface area (Å²) in [5.74, 6) is 0. The molecule has 20 heavy (non-hydrogen) atoms. The maximum atomic E-state index is 10.5. The van der Waals surface area contributed by atoms with Crippen molar-refractivity contribution in [3.05, 3.63) is 42.1 Å². The zero-order valence-electron chi connectivity index (χ0n) is 11.8. The second kappa shape index (κ2) is 5.90. The largest absolute Gasteiger partial charge is 0.389 e. The van der Waals surface area contributed by atoms with Gasteiger partial charge in [0, 0.05) is 24.7 Å².